The third-order valence-electron chi connectivity index (χ3n) is 4.70. The molecule has 1 atom stereocenters. The molecule has 1 aliphatic rings. The zero-order chi connectivity index (χ0) is 19.1. The largest absolute Gasteiger partial charge is 0.481 e. The van der Waals surface area contributed by atoms with Crippen molar-refractivity contribution in [2.24, 2.45) is 5.92 Å². The lowest BCUT2D eigenvalue weighted by Gasteiger charge is -2.36. The molecule has 2 amide bonds. The first kappa shape index (κ1) is 19.8. The van der Waals surface area contributed by atoms with Crippen molar-refractivity contribution in [2.75, 3.05) is 44.7 Å². The van der Waals surface area contributed by atoms with Crippen LogP contribution in [0.3, 0.4) is 0 Å². The number of para-hydroxylation sites is 1. The molecule has 142 valence electrons. The number of carboxylic acid groups (broad SMARTS) is 1. The number of hydrogen-bond acceptors (Lipinski definition) is 4. The van der Waals surface area contributed by atoms with Gasteiger partial charge in [0, 0.05) is 58.3 Å². The summed E-state index contributed by atoms with van der Waals surface area (Å²) >= 11 is 0. The minimum atomic E-state index is -0.933. The average molecular weight is 361 g/mol. The van der Waals surface area contributed by atoms with Crippen LogP contribution in [0.25, 0.3) is 0 Å². The number of carboxylic acids is 1. The molecule has 1 fully saturated rings. The van der Waals surface area contributed by atoms with Gasteiger partial charge in [0.1, 0.15) is 0 Å². The smallest absolute Gasteiger partial charge is 0.308 e. The van der Waals surface area contributed by atoms with Crippen molar-refractivity contribution in [3.63, 3.8) is 0 Å². The summed E-state index contributed by atoms with van der Waals surface area (Å²) in [6, 6.07) is 10.1. The number of amides is 2. The van der Waals surface area contributed by atoms with Crippen molar-refractivity contribution in [3.8, 4) is 0 Å². The summed E-state index contributed by atoms with van der Waals surface area (Å²) in [5.41, 5.74) is 1.16. The highest BCUT2D eigenvalue weighted by molar-refractivity contribution is 5.84. The highest BCUT2D eigenvalue weighted by atomic mass is 16.4. The van der Waals surface area contributed by atoms with E-state index in [4.69, 9.17) is 5.11 Å². The monoisotopic (exact) mass is 361 g/mol. The van der Waals surface area contributed by atoms with Crippen LogP contribution in [0.5, 0.6) is 0 Å². The Morgan fingerprint density at radius 3 is 2.27 bits per heavy atom. The Morgan fingerprint density at radius 2 is 1.69 bits per heavy atom. The number of anilines is 1. The number of nitrogens with zero attached hydrogens (tertiary/aromatic N) is 3. The predicted molar refractivity (Wildman–Crippen MR) is 98.9 cm³/mol. The maximum Gasteiger partial charge on any atom is 0.308 e. The Labute approximate surface area is 154 Å². The van der Waals surface area contributed by atoms with E-state index in [9.17, 15) is 14.4 Å². The van der Waals surface area contributed by atoms with Crippen molar-refractivity contribution in [1.29, 1.82) is 0 Å². The molecular formula is C19H27N3O4. The molecule has 1 aliphatic heterocycles. The van der Waals surface area contributed by atoms with Crippen molar-refractivity contribution in [3.05, 3.63) is 30.3 Å². The lowest BCUT2D eigenvalue weighted by molar-refractivity contribution is -0.143. The molecule has 0 radical (unpaired) electrons. The van der Waals surface area contributed by atoms with E-state index >= 15 is 0 Å². The molecule has 1 aromatic carbocycles. The molecule has 0 spiro atoms. The molecule has 1 N–H and O–H groups in total. The number of hydrogen-bond donors (Lipinski definition) is 1. The molecule has 0 aliphatic carbocycles. The second-order valence-electron chi connectivity index (χ2n) is 6.72. The van der Waals surface area contributed by atoms with Gasteiger partial charge in [-0.2, -0.15) is 0 Å². The van der Waals surface area contributed by atoms with Crippen molar-refractivity contribution in [1.82, 2.24) is 9.80 Å². The third kappa shape index (κ3) is 5.47. The summed E-state index contributed by atoms with van der Waals surface area (Å²) in [4.78, 5) is 40.7. The molecule has 0 aromatic heterocycles. The number of piperazine rings is 1. The third-order valence-corrected chi connectivity index (χ3v) is 4.70. The van der Waals surface area contributed by atoms with Crippen LogP contribution >= 0.6 is 0 Å². The Balaban J connectivity index is 1.73. The second kappa shape index (κ2) is 9.22. The maximum atomic E-state index is 12.3. The fourth-order valence-corrected chi connectivity index (χ4v) is 3.01. The summed E-state index contributed by atoms with van der Waals surface area (Å²) in [7, 11) is 1.57. The first-order chi connectivity index (χ1) is 12.4. The Kier molecular flexibility index (Phi) is 7.00. The van der Waals surface area contributed by atoms with Gasteiger partial charge in [-0.05, 0) is 12.1 Å². The van der Waals surface area contributed by atoms with Gasteiger partial charge in [0.2, 0.25) is 11.8 Å². The molecule has 7 nitrogen and oxygen atoms in total. The van der Waals surface area contributed by atoms with Gasteiger partial charge in [0.25, 0.3) is 0 Å². The molecular weight excluding hydrogens is 334 g/mol. The minimum absolute atomic E-state index is 0.0225. The fourth-order valence-electron chi connectivity index (χ4n) is 3.01. The SMILES string of the molecule is CC(CN(C)C(=O)CCC(=O)N1CCN(c2ccccc2)CC1)C(=O)O. The molecule has 2 rings (SSSR count). The first-order valence-corrected chi connectivity index (χ1v) is 8.93. The van der Waals surface area contributed by atoms with Crippen LogP contribution in [0, 0.1) is 5.92 Å². The molecule has 1 heterocycles. The van der Waals surface area contributed by atoms with Gasteiger partial charge >= 0.3 is 5.97 Å². The van der Waals surface area contributed by atoms with Gasteiger partial charge in [-0.25, -0.2) is 0 Å². The van der Waals surface area contributed by atoms with E-state index in [2.05, 4.69) is 17.0 Å². The van der Waals surface area contributed by atoms with E-state index in [1.54, 1.807) is 18.9 Å². The predicted octanol–water partition coefficient (Wildman–Crippen LogP) is 1.29. The summed E-state index contributed by atoms with van der Waals surface area (Å²) < 4.78 is 0. The van der Waals surface area contributed by atoms with Gasteiger partial charge in [0.15, 0.2) is 0 Å². The molecule has 7 heteroatoms. The number of benzene rings is 1. The molecule has 1 unspecified atom stereocenters. The summed E-state index contributed by atoms with van der Waals surface area (Å²) in [5.74, 6) is -1.78. The first-order valence-electron chi connectivity index (χ1n) is 8.93. The Hall–Kier alpha value is -2.57. The van der Waals surface area contributed by atoms with Gasteiger partial charge in [-0.15, -0.1) is 0 Å². The summed E-state index contributed by atoms with van der Waals surface area (Å²) in [6.07, 6.45) is 0.274. The normalized spacial score (nSPS) is 15.5. The van der Waals surface area contributed by atoms with E-state index in [0.29, 0.717) is 13.1 Å². The minimum Gasteiger partial charge on any atom is -0.481 e. The van der Waals surface area contributed by atoms with E-state index < -0.39 is 11.9 Å². The average Bonchev–Trinajstić information content (AvgIpc) is 2.66. The summed E-state index contributed by atoms with van der Waals surface area (Å²) in [5, 5.41) is 8.90. The van der Waals surface area contributed by atoms with Gasteiger partial charge in [0.05, 0.1) is 5.92 Å². The Morgan fingerprint density at radius 1 is 1.08 bits per heavy atom. The van der Waals surface area contributed by atoms with Crippen LogP contribution in [0.15, 0.2) is 30.3 Å². The quantitative estimate of drug-likeness (QED) is 0.792. The highest BCUT2D eigenvalue weighted by Gasteiger charge is 2.23. The van der Waals surface area contributed by atoms with Crippen molar-refractivity contribution < 1.29 is 19.5 Å². The lowest BCUT2D eigenvalue weighted by atomic mass is 10.1. The van der Waals surface area contributed by atoms with Crippen molar-refractivity contribution in [2.45, 2.75) is 19.8 Å². The highest BCUT2D eigenvalue weighted by Crippen LogP contribution is 2.16. The van der Waals surface area contributed by atoms with Crippen LogP contribution in [-0.4, -0.2) is 72.5 Å². The zero-order valence-electron chi connectivity index (χ0n) is 15.4. The number of rotatable bonds is 7. The van der Waals surface area contributed by atoms with Crippen LogP contribution in [-0.2, 0) is 14.4 Å². The standard InChI is InChI=1S/C19H27N3O4/c1-15(19(25)26)14-20(2)17(23)8-9-18(24)22-12-10-21(11-13-22)16-6-4-3-5-7-16/h3-7,15H,8-14H2,1-2H3,(H,25,26). The van der Waals surface area contributed by atoms with Gasteiger partial charge in [-0.3, -0.25) is 14.4 Å². The van der Waals surface area contributed by atoms with Crippen molar-refractivity contribution >= 4 is 23.5 Å². The number of aliphatic carboxylic acids is 1. The number of carbonyl (C=O) groups is 3. The van der Waals surface area contributed by atoms with E-state index in [1.165, 1.54) is 4.90 Å². The van der Waals surface area contributed by atoms with E-state index in [-0.39, 0.29) is 31.2 Å². The van der Waals surface area contributed by atoms with Gasteiger partial charge in [-0.1, -0.05) is 25.1 Å². The van der Waals surface area contributed by atoms with E-state index in [0.717, 1.165) is 18.8 Å². The lowest BCUT2D eigenvalue weighted by Crippen LogP contribution is -2.49. The summed E-state index contributed by atoms with van der Waals surface area (Å²) in [6.45, 7) is 4.56. The molecule has 0 saturated carbocycles. The Bertz CT molecular complexity index is 627. The molecule has 1 saturated heterocycles. The molecule has 0 bridgehead atoms. The number of carbonyl (C=O) groups excluding carboxylic acids is 2. The molecule has 1 aromatic rings. The van der Waals surface area contributed by atoms with Crippen LogP contribution < -0.4 is 4.90 Å². The van der Waals surface area contributed by atoms with Crippen LogP contribution in [0.2, 0.25) is 0 Å². The fraction of sp³-hybridized carbons (Fsp3) is 0.526. The van der Waals surface area contributed by atoms with Crippen LogP contribution in [0.4, 0.5) is 5.69 Å². The molecule has 26 heavy (non-hydrogen) atoms. The van der Waals surface area contributed by atoms with E-state index in [1.807, 2.05) is 18.2 Å². The maximum absolute atomic E-state index is 12.3. The van der Waals surface area contributed by atoms with Gasteiger partial charge < -0.3 is 19.8 Å². The van der Waals surface area contributed by atoms with Crippen LogP contribution in [0.1, 0.15) is 19.8 Å². The topological polar surface area (TPSA) is 81.2 Å². The second-order valence-corrected chi connectivity index (χ2v) is 6.72. The zero-order valence-corrected chi connectivity index (χ0v) is 15.4.